The first-order valence-electron chi connectivity index (χ1n) is 8.47. The molecule has 0 aliphatic rings. The highest BCUT2D eigenvalue weighted by Crippen LogP contribution is 2.20. The number of nitrogens with one attached hydrogen (secondary N) is 2. The zero-order valence-electron chi connectivity index (χ0n) is 15.6. The lowest BCUT2D eigenvalue weighted by molar-refractivity contribution is -0.122. The Morgan fingerprint density at radius 2 is 1.83 bits per heavy atom. The molecule has 0 atom stereocenters. The molecule has 6 nitrogen and oxygen atoms in total. The molecule has 2 aromatic carbocycles. The zero-order valence-corrected chi connectivity index (χ0v) is 16.3. The zero-order chi connectivity index (χ0) is 21.4. The van der Waals surface area contributed by atoms with Crippen molar-refractivity contribution in [1.29, 1.82) is 0 Å². The van der Waals surface area contributed by atoms with Crippen LogP contribution in [0.15, 0.2) is 48.7 Å². The van der Waals surface area contributed by atoms with Gasteiger partial charge in [-0.15, -0.1) is 0 Å². The molecule has 0 unspecified atom stereocenters. The molecular weight excluding hydrogens is 406 g/mol. The molecule has 0 radical (unpaired) electrons. The summed E-state index contributed by atoms with van der Waals surface area (Å²) in [5.41, 5.74) is 0.176. The fourth-order valence-electron chi connectivity index (χ4n) is 2.24. The lowest BCUT2D eigenvalue weighted by Crippen LogP contribution is -2.31. The molecule has 0 spiro atoms. The number of methoxy groups -OCH3 is 1. The predicted molar refractivity (Wildman–Crippen MR) is 104 cm³/mol. The topological polar surface area (TPSA) is 76.7 Å². The van der Waals surface area contributed by atoms with Crippen molar-refractivity contribution in [3.63, 3.8) is 0 Å². The van der Waals surface area contributed by atoms with Crippen molar-refractivity contribution in [2.75, 3.05) is 20.3 Å². The Balaban J connectivity index is 1.74. The maximum Gasteiger partial charge on any atom is 0.262 e. The molecule has 0 saturated carbocycles. The summed E-state index contributed by atoms with van der Waals surface area (Å²) in [4.78, 5) is 23.9. The number of carbonyl (C=O) groups excluding carboxylic acids is 2. The molecule has 0 fully saturated rings. The molecule has 0 aliphatic carbocycles. The SMILES string of the molecule is C=C(CCNC(=O)c1cc(OC)ccc1F)NC(=O)COc1ccc(Cl)c(F)c1. The summed E-state index contributed by atoms with van der Waals surface area (Å²) in [6, 6.07) is 7.65. The minimum Gasteiger partial charge on any atom is -0.497 e. The van der Waals surface area contributed by atoms with Crippen LogP contribution in [0.1, 0.15) is 16.8 Å². The second-order valence-corrected chi connectivity index (χ2v) is 6.28. The van der Waals surface area contributed by atoms with E-state index in [1.54, 1.807) is 0 Å². The average molecular weight is 425 g/mol. The smallest absolute Gasteiger partial charge is 0.262 e. The average Bonchev–Trinajstić information content (AvgIpc) is 2.69. The van der Waals surface area contributed by atoms with E-state index in [0.717, 1.165) is 12.1 Å². The van der Waals surface area contributed by atoms with Crippen LogP contribution in [0.3, 0.4) is 0 Å². The number of halogens is 3. The van der Waals surface area contributed by atoms with E-state index < -0.39 is 23.4 Å². The highest BCUT2D eigenvalue weighted by Gasteiger charge is 2.13. The van der Waals surface area contributed by atoms with Crippen LogP contribution in [-0.4, -0.2) is 32.1 Å². The standard InChI is InChI=1S/C20H19ClF2N2O4/c1-12(25-19(26)11-29-14-3-5-16(21)18(23)10-14)7-8-24-20(27)15-9-13(28-2)4-6-17(15)22/h3-6,9-10H,1,7-8,11H2,2H3,(H,24,27)(H,25,26). The van der Waals surface area contributed by atoms with E-state index in [-0.39, 0.29) is 35.9 Å². The fraction of sp³-hybridized carbons (Fsp3) is 0.200. The van der Waals surface area contributed by atoms with Gasteiger partial charge in [0, 0.05) is 24.7 Å². The van der Waals surface area contributed by atoms with Crippen molar-refractivity contribution < 1.29 is 27.8 Å². The van der Waals surface area contributed by atoms with E-state index >= 15 is 0 Å². The summed E-state index contributed by atoms with van der Waals surface area (Å²) in [6.45, 7) is 3.44. The molecular formula is C20H19ClF2N2O4. The second-order valence-electron chi connectivity index (χ2n) is 5.87. The Labute approximate surface area is 171 Å². The molecule has 0 saturated heterocycles. The maximum absolute atomic E-state index is 13.8. The molecule has 2 aromatic rings. The molecule has 0 bridgehead atoms. The van der Waals surface area contributed by atoms with Crippen LogP contribution in [0, 0.1) is 11.6 Å². The van der Waals surface area contributed by atoms with E-state index in [1.807, 2.05) is 0 Å². The Kier molecular flexibility index (Phi) is 7.97. The van der Waals surface area contributed by atoms with E-state index in [2.05, 4.69) is 17.2 Å². The van der Waals surface area contributed by atoms with Gasteiger partial charge < -0.3 is 20.1 Å². The van der Waals surface area contributed by atoms with Crippen LogP contribution in [0.25, 0.3) is 0 Å². The molecule has 2 N–H and O–H groups in total. The van der Waals surface area contributed by atoms with Gasteiger partial charge in [-0.3, -0.25) is 9.59 Å². The highest BCUT2D eigenvalue weighted by molar-refractivity contribution is 6.30. The van der Waals surface area contributed by atoms with Gasteiger partial charge in [0.05, 0.1) is 17.7 Å². The van der Waals surface area contributed by atoms with Crippen LogP contribution >= 0.6 is 11.6 Å². The largest absolute Gasteiger partial charge is 0.497 e. The number of amides is 2. The molecule has 2 amide bonds. The van der Waals surface area contributed by atoms with Gasteiger partial charge in [-0.2, -0.15) is 0 Å². The highest BCUT2D eigenvalue weighted by atomic mass is 35.5. The molecule has 0 aromatic heterocycles. The van der Waals surface area contributed by atoms with Crippen LogP contribution in [0.2, 0.25) is 5.02 Å². The van der Waals surface area contributed by atoms with Crippen molar-refractivity contribution in [2.24, 2.45) is 0 Å². The fourth-order valence-corrected chi connectivity index (χ4v) is 2.36. The Morgan fingerprint density at radius 1 is 1.10 bits per heavy atom. The third kappa shape index (κ3) is 6.76. The van der Waals surface area contributed by atoms with E-state index in [4.69, 9.17) is 21.1 Å². The monoisotopic (exact) mass is 424 g/mol. The number of hydrogen-bond acceptors (Lipinski definition) is 4. The summed E-state index contributed by atoms with van der Waals surface area (Å²) in [5.74, 6) is -1.94. The number of rotatable bonds is 9. The van der Waals surface area contributed by atoms with Gasteiger partial charge in [-0.25, -0.2) is 8.78 Å². The van der Waals surface area contributed by atoms with Gasteiger partial charge in [0.2, 0.25) is 0 Å². The first-order valence-corrected chi connectivity index (χ1v) is 8.85. The summed E-state index contributed by atoms with van der Waals surface area (Å²) < 4.78 is 37.2. The predicted octanol–water partition coefficient (Wildman–Crippen LogP) is 3.46. The molecule has 29 heavy (non-hydrogen) atoms. The number of benzene rings is 2. The number of ether oxygens (including phenoxy) is 2. The normalized spacial score (nSPS) is 10.2. The Morgan fingerprint density at radius 3 is 2.52 bits per heavy atom. The van der Waals surface area contributed by atoms with Gasteiger partial charge in [0.1, 0.15) is 23.1 Å². The number of hydrogen-bond donors (Lipinski definition) is 2. The molecule has 9 heteroatoms. The maximum atomic E-state index is 13.8. The van der Waals surface area contributed by atoms with E-state index in [0.29, 0.717) is 11.4 Å². The molecule has 0 aliphatic heterocycles. The van der Waals surface area contributed by atoms with Gasteiger partial charge in [0.25, 0.3) is 11.8 Å². The summed E-state index contributed by atoms with van der Waals surface area (Å²) in [6.07, 6.45) is 0.221. The van der Waals surface area contributed by atoms with E-state index in [1.165, 1.54) is 31.4 Å². The van der Waals surface area contributed by atoms with Gasteiger partial charge in [-0.05, 0) is 30.3 Å². The quantitative estimate of drug-likeness (QED) is 0.646. The Hall–Kier alpha value is -3.13. The van der Waals surface area contributed by atoms with Crippen molar-refractivity contribution in [2.45, 2.75) is 6.42 Å². The third-order valence-corrected chi connectivity index (χ3v) is 4.01. The van der Waals surface area contributed by atoms with Gasteiger partial charge in [0.15, 0.2) is 6.61 Å². The molecule has 0 heterocycles. The Bertz CT molecular complexity index is 921. The van der Waals surface area contributed by atoms with E-state index in [9.17, 15) is 18.4 Å². The van der Waals surface area contributed by atoms with Crippen molar-refractivity contribution in [3.8, 4) is 11.5 Å². The first kappa shape index (κ1) is 22.2. The minimum atomic E-state index is -0.675. The first-order chi connectivity index (χ1) is 13.8. The summed E-state index contributed by atoms with van der Waals surface area (Å²) in [7, 11) is 1.41. The van der Waals surface area contributed by atoms with Crippen LogP contribution < -0.4 is 20.1 Å². The molecule has 2 rings (SSSR count). The van der Waals surface area contributed by atoms with Crippen molar-refractivity contribution in [1.82, 2.24) is 10.6 Å². The van der Waals surface area contributed by atoms with Gasteiger partial charge in [-0.1, -0.05) is 18.2 Å². The lowest BCUT2D eigenvalue weighted by atomic mass is 10.2. The third-order valence-electron chi connectivity index (χ3n) is 3.71. The van der Waals surface area contributed by atoms with Gasteiger partial charge >= 0.3 is 0 Å². The van der Waals surface area contributed by atoms with Crippen LogP contribution in [-0.2, 0) is 4.79 Å². The van der Waals surface area contributed by atoms with Crippen LogP contribution in [0.4, 0.5) is 8.78 Å². The summed E-state index contributed by atoms with van der Waals surface area (Å²) >= 11 is 5.57. The van der Waals surface area contributed by atoms with Crippen LogP contribution in [0.5, 0.6) is 11.5 Å². The van der Waals surface area contributed by atoms with Crippen molar-refractivity contribution >= 4 is 23.4 Å². The minimum absolute atomic E-state index is 0.0499. The lowest BCUT2D eigenvalue weighted by Gasteiger charge is -2.11. The second kappa shape index (κ2) is 10.4. The summed E-state index contributed by atoms with van der Waals surface area (Å²) in [5, 5.41) is 4.98. The molecule has 154 valence electrons. The van der Waals surface area contributed by atoms with Crippen molar-refractivity contribution in [3.05, 3.63) is 70.9 Å². The number of carbonyl (C=O) groups is 2.